The lowest BCUT2D eigenvalue weighted by molar-refractivity contribution is 0.366. The van der Waals surface area contributed by atoms with Crippen LogP contribution in [-0.4, -0.2) is 71.0 Å². The Kier molecular flexibility index (Phi) is 6.11. The molecule has 1 saturated heterocycles. The van der Waals surface area contributed by atoms with Crippen LogP contribution in [0.2, 0.25) is 5.02 Å². The third-order valence-electron chi connectivity index (χ3n) is 7.11. The normalized spacial score (nSPS) is 16.4. The van der Waals surface area contributed by atoms with E-state index in [0.29, 0.717) is 51.0 Å². The first-order chi connectivity index (χ1) is 18.6. The van der Waals surface area contributed by atoms with Crippen molar-refractivity contribution in [2.75, 3.05) is 37.8 Å². The van der Waals surface area contributed by atoms with Crippen molar-refractivity contribution in [1.82, 2.24) is 43.8 Å². The predicted molar refractivity (Wildman–Crippen MR) is 151 cm³/mol. The Morgan fingerprint density at radius 1 is 1.08 bits per heavy atom. The molecule has 1 aliphatic heterocycles. The summed E-state index contributed by atoms with van der Waals surface area (Å²) in [6.45, 7) is 8.69. The van der Waals surface area contributed by atoms with Gasteiger partial charge in [-0.1, -0.05) is 32.4 Å². The van der Waals surface area contributed by atoms with Crippen LogP contribution in [-0.2, 0) is 12.5 Å². The maximum Gasteiger partial charge on any atom is 0.210 e. The molecule has 5 aromatic rings. The highest BCUT2D eigenvalue weighted by atomic mass is 35.5. The maximum atomic E-state index is 6.84. The van der Waals surface area contributed by atoms with Crippen molar-refractivity contribution >= 4 is 45.9 Å². The summed E-state index contributed by atoms with van der Waals surface area (Å²) < 4.78 is 11.9. The number of hydrogen-bond acceptors (Lipinski definition) is 9. The van der Waals surface area contributed by atoms with Gasteiger partial charge < -0.3 is 24.8 Å². The van der Waals surface area contributed by atoms with Gasteiger partial charge in [0, 0.05) is 37.8 Å². The molecule has 2 N–H and O–H groups in total. The number of nitrogens with zero attached hydrogens (tertiary/aromatic N) is 9. The summed E-state index contributed by atoms with van der Waals surface area (Å²) in [5.74, 6) is 2.94. The molecule has 0 amide bonds. The van der Waals surface area contributed by atoms with E-state index in [-0.39, 0.29) is 5.41 Å². The lowest BCUT2D eigenvalue weighted by atomic mass is 9.91. The monoisotopic (exact) mass is 549 g/mol. The van der Waals surface area contributed by atoms with Crippen LogP contribution >= 0.6 is 11.6 Å². The third-order valence-corrected chi connectivity index (χ3v) is 7.47. The summed E-state index contributed by atoms with van der Waals surface area (Å²) in [6, 6.07) is 2.45. The average molecular weight is 550 g/mol. The van der Waals surface area contributed by atoms with Gasteiger partial charge >= 0.3 is 0 Å². The SMILES string of the molecule is CNc1cn2ncc(Oc3cnc4nc(Nc5cc(C(C)(C)C)n([C@@H]6CCN(C)C6)n5)n(C)c4c3Cl)c2cn1. The Morgan fingerprint density at radius 2 is 1.90 bits per heavy atom. The molecule has 39 heavy (non-hydrogen) atoms. The zero-order valence-electron chi connectivity index (χ0n) is 22.9. The molecular formula is C26H32ClN11O. The molecule has 6 rings (SSSR count). The van der Waals surface area contributed by atoms with Gasteiger partial charge in [-0.3, -0.25) is 4.68 Å². The lowest BCUT2D eigenvalue weighted by Crippen LogP contribution is -2.24. The molecule has 0 unspecified atom stereocenters. The van der Waals surface area contributed by atoms with Gasteiger partial charge in [0.2, 0.25) is 5.95 Å². The minimum absolute atomic E-state index is 0.0558. The van der Waals surface area contributed by atoms with E-state index in [1.165, 1.54) is 5.69 Å². The molecule has 12 nitrogen and oxygen atoms in total. The fourth-order valence-corrected chi connectivity index (χ4v) is 5.30. The summed E-state index contributed by atoms with van der Waals surface area (Å²) in [5.41, 5.74) is 2.98. The number of nitrogens with one attached hydrogen (secondary N) is 2. The average Bonchev–Trinajstić information content (AvgIpc) is 3.67. The number of likely N-dealkylation sites (N-methyl/N-ethyl adjacent to an activating group) is 1. The van der Waals surface area contributed by atoms with Crippen molar-refractivity contribution in [2.45, 2.75) is 38.6 Å². The van der Waals surface area contributed by atoms with E-state index in [4.69, 9.17) is 26.4 Å². The predicted octanol–water partition coefficient (Wildman–Crippen LogP) is 4.61. The second-order valence-corrected chi connectivity index (χ2v) is 11.4. The topological polar surface area (TPSA) is 115 Å². The van der Waals surface area contributed by atoms with Gasteiger partial charge in [0.25, 0.3) is 0 Å². The van der Waals surface area contributed by atoms with Crippen LogP contribution in [0.5, 0.6) is 11.5 Å². The number of aromatic nitrogens is 8. The van der Waals surface area contributed by atoms with Gasteiger partial charge in [-0.2, -0.15) is 15.2 Å². The molecule has 1 aliphatic rings. The van der Waals surface area contributed by atoms with Crippen molar-refractivity contribution < 1.29 is 4.74 Å². The number of pyridine rings is 1. The number of imidazole rings is 1. The minimum atomic E-state index is -0.0558. The lowest BCUT2D eigenvalue weighted by Gasteiger charge is -2.23. The van der Waals surface area contributed by atoms with Crippen molar-refractivity contribution in [3.63, 3.8) is 0 Å². The summed E-state index contributed by atoms with van der Waals surface area (Å²) in [5, 5.41) is 16.1. The Hall–Kier alpha value is -3.90. The van der Waals surface area contributed by atoms with Gasteiger partial charge in [0.15, 0.2) is 23.0 Å². The van der Waals surface area contributed by atoms with E-state index in [9.17, 15) is 0 Å². The Bertz CT molecular complexity index is 1680. The number of halogens is 1. The van der Waals surface area contributed by atoms with Crippen LogP contribution in [0.3, 0.4) is 0 Å². The van der Waals surface area contributed by atoms with E-state index >= 15 is 0 Å². The number of anilines is 3. The van der Waals surface area contributed by atoms with Crippen molar-refractivity contribution in [2.24, 2.45) is 7.05 Å². The second-order valence-electron chi connectivity index (χ2n) is 11.0. The summed E-state index contributed by atoms with van der Waals surface area (Å²) in [6.07, 6.45) is 7.74. The Labute approximate surface area is 231 Å². The first-order valence-corrected chi connectivity index (χ1v) is 13.3. The van der Waals surface area contributed by atoms with Crippen LogP contribution in [0, 0.1) is 0 Å². The summed E-state index contributed by atoms with van der Waals surface area (Å²) >= 11 is 6.84. The van der Waals surface area contributed by atoms with E-state index in [1.807, 2.05) is 11.6 Å². The molecule has 1 fully saturated rings. The van der Waals surface area contributed by atoms with E-state index in [1.54, 1.807) is 36.4 Å². The zero-order chi connectivity index (χ0) is 27.5. The van der Waals surface area contributed by atoms with Crippen LogP contribution in [0.1, 0.15) is 38.9 Å². The molecular weight excluding hydrogens is 518 g/mol. The van der Waals surface area contributed by atoms with E-state index in [0.717, 1.165) is 25.3 Å². The first kappa shape index (κ1) is 25.4. The fourth-order valence-electron chi connectivity index (χ4n) is 5.00. The van der Waals surface area contributed by atoms with Crippen molar-refractivity contribution in [1.29, 1.82) is 0 Å². The maximum absolute atomic E-state index is 6.84. The molecule has 1 atom stereocenters. The quantitative estimate of drug-likeness (QED) is 0.313. The second kappa shape index (κ2) is 9.38. The van der Waals surface area contributed by atoms with Crippen LogP contribution in [0.15, 0.2) is 30.9 Å². The minimum Gasteiger partial charge on any atom is -0.450 e. The van der Waals surface area contributed by atoms with Gasteiger partial charge in [-0.05, 0) is 20.0 Å². The molecule has 204 valence electrons. The number of likely N-dealkylation sites (tertiary alicyclic amines) is 1. The zero-order valence-corrected chi connectivity index (χ0v) is 23.7. The van der Waals surface area contributed by atoms with E-state index < -0.39 is 0 Å². The summed E-state index contributed by atoms with van der Waals surface area (Å²) in [4.78, 5) is 15.9. The molecule has 0 saturated carbocycles. The van der Waals surface area contributed by atoms with Crippen LogP contribution in [0.25, 0.3) is 16.7 Å². The first-order valence-electron chi connectivity index (χ1n) is 12.9. The number of rotatable bonds is 6. The number of fused-ring (bicyclic) bond motifs is 2. The molecule has 0 spiro atoms. The number of hydrogen-bond donors (Lipinski definition) is 2. The number of aryl methyl sites for hydroxylation is 1. The molecule has 0 aliphatic carbocycles. The molecule has 13 heteroatoms. The largest absolute Gasteiger partial charge is 0.450 e. The van der Waals surface area contributed by atoms with Gasteiger partial charge in [-0.25, -0.2) is 14.5 Å². The molecule has 0 radical (unpaired) electrons. The van der Waals surface area contributed by atoms with E-state index in [2.05, 4.69) is 69.2 Å². The van der Waals surface area contributed by atoms with Crippen LogP contribution < -0.4 is 15.4 Å². The highest BCUT2D eigenvalue weighted by Gasteiger charge is 2.29. The molecule has 0 aromatic carbocycles. The van der Waals surface area contributed by atoms with Crippen LogP contribution in [0.4, 0.5) is 17.6 Å². The van der Waals surface area contributed by atoms with Gasteiger partial charge in [0.1, 0.15) is 21.9 Å². The highest BCUT2D eigenvalue weighted by molar-refractivity contribution is 6.36. The summed E-state index contributed by atoms with van der Waals surface area (Å²) in [7, 11) is 5.84. The van der Waals surface area contributed by atoms with Gasteiger partial charge in [-0.15, -0.1) is 0 Å². The Balaban J connectivity index is 1.32. The Morgan fingerprint density at radius 3 is 2.62 bits per heavy atom. The highest BCUT2D eigenvalue weighted by Crippen LogP contribution is 2.37. The molecule has 6 heterocycles. The number of ether oxygens (including phenoxy) is 1. The molecule has 0 bridgehead atoms. The third kappa shape index (κ3) is 4.53. The van der Waals surface area contributed by atoms with Gasteiger partial charge in [0.05, 0.1) is 30.8 Å². The van der Waals surface area contributed by atoms with Crippen molar-refractivity contribution in [3.05, 3.63) is 41.6 Å². The smallest absolute Gasteiger partial charge is 0.210 e. The fraction of sp³-hybridized carbons (Fsp3) is 0.423. The van der Waals surface area contributed by atoms with Crippen molar-refractivity contribution in [3.8, 4) is 11.5 Å². The molecule has 5 aromatic heterocycles. The standard InChI is InChI=1S/C26H32ClN11O/c1-26(2,3)19-9-20(34-38(19)15-7-8-35(5)13-15)32-25-33-24-23(36(25)6)22(27)18(11-30-24)39-17-12-31-37-14-21(28-4)29-10-16(17)37/h9-12,14-15,28H,7-8,13H2,1-6H3,(H,30,32,33,34)/t15-/m1/s1.